The minimum absolute atomic E-state index is 0.296. The van der Waals surface area contributed by atoms with Crippen molar-refractivity contribution in [1.82, 2.24) is 9.47 Å². The second-order valence-electron chi connectivity index (χ2n) is 7.96. The lowest BCUT2D eigenvalue weighted by Crippen LogP contribution is -2.33. The maximum absolute atomic E-state index is 12.6. The van der Waals surface area contributed by atoms with Crippen molar-refractivity contribution in [1.29, 1.82) is 0 Å². The number of alkyl halides is 1. The van der Waals surface area contributed by atoms with Gasteiger partial charge < -0.3 is 19.5 Å². The van der Waals surface area contributed by atoms with Gasteiger partial charge in [-0.15, -0.1) is 11.6 Å². The highest BCUT2D eigenvalue weighted by atomic mass is 35.5. The molecule has 0 bridgehead atoms. The van der Waals surface area contributed by atoms with Crippen LogP contribution >= 0.6 is 11.6 Å². The average molecular weight is 456 g/mol. The minimum Gasteiger partial charge on any atom is -0.408 e. The van der Waals surface area contributed by atoms with E-state index < -0.39 is 11.5 Å². The van der Waals surface area contributed by atoms with E-state index in [0.29, 0.717) is 31.1 Å². The lowest BCUT2D eigenvalue weighted by atomic mass is 10.1. The molecule has 6 nitrogen and oxygen atoms in total. The van der Waals surface area contributed by atoms with Crippen molar-refractivity contribution < 1.29 is 14.3 Å². The van der Waals surface area contributed by atoms with Crippen LogP contribution in [0.1, 0.15) is 37.5 Å². The Morgan fingerprint density at radius 1 is 1.09 bits per heavy atom. The zero-order chi connectivity index (χ0) is 23.4. The third-order valence-electron chi connectivity index (χ3n) is 5.38. The Morgan fingerprint density at radius 3 is 2.34 bits per heavy atom. The fourth-order valence-corrected chi connectivity index (χ4v) is 3.88. The van der Waals surface area contributed by atoms with Gasteiger partial charge in [0, 0.05) is 31.2 Å². The Hall–Kier alpha value is -2.99. The van der Waals surface area contributed by atoms with Gasteiger partial charge in [-0.05, 0) is 58.4 Å². The van der Waals surface area contributed by atoms with E-state index in [1.165, 1.54) is 16.7 Å². The summed E-state index contributed by atoms with van der Waals surface area (Å²) in [6.07, 6.45) is 1.51. The zero-order valence-corrected chi connectivity index (χ0v) is 20.0. The van der Waals surface area contributed by atoms with E-state index in [1.807, 2.05) is 32.2 Å². The molecular formula is C25H30ClN3O3. The van der Waals surface area contributed by atoms with Gasteiger partial charge in [-0.1, -0.05) is 29.3 Å². The Balaban J connectivity index is 2.03. The quantitative estimate of drug-likeness (QED) is 0.464. The Labute approximate surface area is 194 Å². The molecule has 32 heavy (non-hydrogen) atoms. The van der Waals surface area contributed by atoms with Gasteiger partial charge in [-0.25, -0.2) is 4.79 Å². The van der Waals surface area contributed by atoms with Gasteiger partial charge in [0.05, 0.1) is 11.2 Å². The SMILES string of the molecule is CCN(CC)C(=O)Oc1ccc2c(ccn2Cc2cc(C)cc(C)c2)c1NC(=O)[C@@H](C)Cl. The van der Waals surface area contributed by atoms with Crippen LogP contribution in [-0.2, 0) is 11.3 Å². The summed E-state index contributed by atoms with van der Waals surface area (Å²) in [5, 5.41) is 2.90. The highest BCUT2D eigenvalue weighted by Crippen LogP contribution is 2.35. The van der Waals surface area contributed by atoms with Gasteiger partial charge in [0.1, 0.15) is 5.38 Å². The van der Waals surface area contributed by atoms with Crippen molar-refractivity contribution in [2.45, 2.75) is 46.5 Å². The first kappa shape index (κ1) is 23.7. The predicted octanol–water partition coefficient (Wildman–Crippen LogP) is 5.71. The van der Waals surface area contributed by atoms with E-state index in [9.17, 15) is 9.59 Å². The number of aromatic nitrogens is 1. The number of benzene rings is 2. The first-order chi connectivity index (χ1) is 15.2. The van der Waals surface area contributed by atoms with E-state index in [4.69, 9.17) is 16.3 Å². The van der Waals surface area contributed by atoms with Gasteiger partial charge in [0.25, 0.3) is 0 Å². The van der Waals surface area contributed by atoms with Crippen molar-refractivity contribution in [3.8, 4) is 5.75 Å². The van der Waals surface area contributed by atoms with Gasteiger partial charge in [0.2, 0.25) is 5.91 Å². The Morgan fingerprint density at radius 2 is 1.75 bits per heavy atom. The molecule has 2 aromatic carbocycles. The monoisotopic (exact) mass is 455 g/mol. The topological polar surface area (TPSA) is 63.6 Å². The number of amides is 2. The number of carbonyl (C=O) groups is 2. The van der Waals surface area contributed by atoms with Gasteiger partial charge in [0.15, 0.2) is 5.75 Å². The molecule has 0 saturated carbocycles. The number of halogens is 1. The molecule has 0 aliphatic rings. The number of aryl methyl sites for hydroxylation is 2. The van der Waals surface area contributed by atoms with Crippen LogP contribution in [0.5, 0.6) is 5.75 Å². The van der Waals surface area contributed by atoms with Crippen molar-refractivity contribution in [3.05, 3.63) is 59.3 Å². The summed E-state index contributed by atoms with van der Waals surface area (Å²) >= 11 is 5.99. The van der Waals surface area contributed by atoms with Crippen LogP contribution in [0.25, 0.3) is 10.9 Å². The molecule has 3 rings (SSSR count). The Bertz CT molecular complexity index is 1110. The number of hydrogen-bond acceptors (Lipinski definition) is 3. The van der Waals surface area contributed by atoms with Crippen LogP contribution in [-0.4, -0.2) is 39.9 Å². The predicted molar refractivity (Wildman–Crippen MR) is 130 cm³/mol. The summed E-state index contributed by atoms with van der Waals surface area (Å²) in [5.74, 6) is -0.0643. The number of rotatable bonds is 7. The van der Waals surface area contributed by atoms with E-state index in [1.54, 1.807) is 17.9 Å². The van der Waals surface area contributed by atoms with Crippen LogP contribution in [0, 0.1) is 13.8 Å². The maximum Gasteiger partial charge on any atom is 0.415 e. The second kappa shape index (κ2) is 10.1. The maximum atomic E-state index is 12.6. The normalized spacial score (nSPS) is 11.9. The number of ether oxygens (including phenoxy) is 1. The standard InChI is InChI=1S/C25H30ClN3O3/c1-6-28(7-2)25(31)32-22-9-8-21-20(23(22)27-24(30)18(5)26)10-11-29(21)15-19-13-16(3)12-17(4)14-19/h8-14,18H,6-7,15H2,1-5H3,(H,27,30)/t18-/m1/s1. The first-order valence-electron chi connectivity index (χ1n) is 10.8. The van der Waals surface area contributed by atoms with E-state index in [0.717, 1.165) is 10.9 Å². The molecule has 0 unspecified atom stereocenters. The van der Waals surface area contributed by atoms with Crippen LogP contribution in [0.2, 0.25) is 0 Å². The molecular weight excluding hydrogens is 426 g/mol. The number of anilines is 1. The summed E-state index contributed by atoms with van der Waals surface area (Å²) in [4.78, 5) is 26.5. The molecule has 0 fully saturated rings. The first-order valence-corrected chi connectivity index (χ1v) is 11.3. The molecule has 0 aliphatic heterocycles. The highest BCUT2D eigenvalue weighted by Gasteiger charge is 2.20. The van der Waals surface area contributed by atoms with Crippen LogP contribution in [0.15, 0.2) is 42.6 Å². The summed E-state index contributed by atoms with van der Waals surface area (Å²) in [6, 6.07) is 12.0. The number of nitrogens with one attached hydrogen (secondary N) is 1. The number of carbonyl (C=O) groups excluding carboxylic acids is 2. The number of nitrogens with zero attached hydrogens (tertiary/aromatic N) is 2. The van der Waals surface area contributed by atoms with Crippen molar-refractivity contribution in [2.75, 3.05) is 18.4 Å². The number of fused-ring (bicyclic) bond motifs is 1. The summed E-state index contributed by atoms with van der Waals surface area (Å²) in [5.41, 5.74) is 4.98. The van der Waals surface area contributed by atoms with Gasteiger partial charge >= 0.3 is 6.09 Å². The van der Waals surface area contributed by atoms with Gasteiger partial charge in [-0.3, -0.25) is 4.79 Å². The molecule has 1 N–H and O–H groups in total. The van der Waals surface area contributed by atoms with E-state index in [2.05, 4.69) is 41.9 Å². The number of hydrogen-bond donors (Lipinski definition) is 1. The lowest BCUT2D eigenvalue weighted by Gasteiger charge is -2.20. The molecule has 1 atom stereocenters. The van der Waals surface area contributed by atoms with E-state index >= 15 is 0 Å². The zero-order valence-electron chi connectivity index (χ0n) is 19.2. The summed E-state index contributed by atoms with van der Waals surface area (Å²) < 4.78 is 7.77. The molecule has 3 aromatic rings. The van der Waals surface area contributed by atoms with Gasteiger partial charge in [-0.2, -0.15) is 0 Å². The smallest absolute Gasteiger partial charge is 0.408 e. The molecule has 1 heterocycles. The summed E-state index contributed by atoms with van der Waals surface area (Å²) in [6.45, 7) is 11.3. The lowest BCUT2D eigenvalue weighted by molar-refractivity contribution is -0.115. The third-order valence-corrected chi connectivity index (χ3v) is 5.58. The average Bonchev–Trinajstić information content (AvgIpc) is 3.12. The van der Waals surface area contributed by atoms with E-state index in [-0.39, 0.29) is 5.91 Å². The second-order valence-corrected chi connectivity index (χ2v) is 8.61. The molecule has 1 aromatic heterocycles. The molecule has 7 heteroatoms. The molecule has 170 valence electrons. The largest absolute Gasteiger partial charge is 0.415 e. The minimum atomic E-state index is -0.728. The van der Waals surface area contributed by atoms with Crippen molar-refractivity contribution in [2.24, 2.45) is 0 Å². The Kier molecular flexibility index (Phi) is 7.46. The molecule has 2 amide bonds. The van der Waals surface area contributed by atoms with Crippen molar-refractivity contribution >= 4 is 40.2 Å². The van der Waals surface area contributed by atoms with Crippen molar-refractivity contribution in [3.63, 3.8) is 0 Å². The molecule has 0 saturated heterocycles. The fraction of sp³-hybridized carbons (Fsp3) is 0.360. The van der Waals surface area contributed by atoms with Crippen LogP contribution < -0.4 is 10.1 Å². The van der Waals surface area contributed by atoms with Crippen LogP contribution in [0.3, 0.4) is 0 Å². The summed E-state index contributed by atoms with van der Waals surface area (Å²) in [7, 11) is 0. The highest BCUT2D eigenvalue weighted by molar-refractivity contribution is 6.32. The fourth-order valence-electron chi connectivity index (χ4n) is 3.82. The molecule has 0 spiro atoms. The van der Waals surface area contributed by atoms with Crippen LogP contribution in [0.4, 0.5) is 10.5 Å². The molecule has 0 radical (unpaired) electrons. The molecule has 0 aliphatic carbocycles. The third kappa shape index (κ3) is 5.25.